The zero-order valence-corrected chi connectivity index (χ0v) is 20.2. The second-order valence-electron chi connectivity index (χ2n) is 8.59. The summed E-state index contributed by atoms with van der Waals surface area (Å²) in [6.07, 6.45) is 6.35. The zero-order chi connectivity index (χ0) is 24.6. The number of aromatic carboxylic acids is 1. The summed E-state index contributed by atoms with van der Waals surface area (Å²) in [5.74, 6) is -0.939. The summed E-state index contributed by atoms with van der Waals surface area (Å²) < 4.78 is 11.4. The van der Waals surface area contributed by atoms with Crippen molar-refractivity contribution >= 4 is 46.4 Å². The first-order valence-electron chi connectivity index (χ1n) is 11.5. The zero-order valence-electron chi connectivity index (χ0n) is 19.4. The van der Waals surface area contributed by atoms with E-state index in [1.54, 1.807) is 12.1 Å². The van der Waals surface area contributed by atoms with Crippen molar-refractivity contribution in [1.82, 2.24) is 13.1 Å². The normalized spacial score (nSPS) is 11.6. The fraction of sp³-hybridized carbons (Fsp3) is 0.0333. The molecular weight excluding hydrogens is 466 g/mol. The number of carboxylic acid groups (broad SMARTS) is 1. The average Bonchev–Trinajstić information content (AvgIpc) is 3.51. The molecule has 0 unspecified atom stereocenters. The third kappa shape index (κ3) is 3.68. The maximum absolute atomic E-state index is 11.2. The van der Waals surface area contributed by atoms with Gasteiger partial charge in [0, 0.05) is 28.4 Å². The summed E-state index contributed by atoms with van der Waals surface area (Å²) in [5.41, 5.74) is 10.6. The fourth-order valence-corrected chi connectivity index (χ4v) is 5.33. The number of carboxylic acids is 1. The van der Waals surface area contributed by atoms with Crippen LogP contribution in [-0.2, 0) is 0 Å². The van der Waals surface area contributed by atoms with Gasteiger partial charge in [-0.25, -0.2) is 4.79 Å². The maximum Gasteiger partial charge on any atom is 0.335 e. The highest BCUT2D eigenvalue weighted by Gasteiger charge is 2.16. The van der Waals surface area contributed by atoms with Crippen LogP contribution in [0.4, 0.5) is 0 Å². The number of carbonyl (C=O) groups is 1. The Morgan fingerprint density at radius 3 is 2.36 bits per heavy atom. The Kier molecular flexibility index (Phi) is 5.43. The van der Waals surface area contributed by atoms with Crippen molar-refractivity contribution in [3.63, 3.8) is 0 Å². The van der Waals surface area contributed by atoms with Crippen molar-refractivity contribution in [2.75, 3.05) is 0 Å². The molecule has 0 saturated heterocycles. The van der Waals surface area contributed by atoms with E-state index in [1.807, 2.05) is 36.4 Å². The first-order chi connectivity index (χ1) is 17.6. The summed E-state index contributed by atoms with van der Waals surface area (Å²) in [4.78, 5) is 11.2. The highest BCUT2D eigenvalue weighted by molar-refractivity contribution is 7.00. The largest absolute Gasteiger partial charge is 0.478 e. The van der Waals surface area contributed by atoms with Gasteiger partial charge in [-0.3, -0.25) is 0 Å². The molecule has 0 spiro atoms. The molecule has 3 aromatic heterocycles. The number of rotatable bonds is 5. The lowest BCUT2D eigenvalue weighted by Crippen LogP contribution is -1.95. The second kappa shape index (κ2) is 8.91. The van der Waals surface area contributed by atoms with Gasteiger partial charge in [-0.2, -0.15) is 8.75 Å². The Morgan fingerprint density at radius 1 is 0.833 bits per heavy atom. The molecule has 3 heterocycles. The molecule has 6 heteroatoms. The van der Waals surface area contributed by atoms with Crippen molar-refractivity contribution < 1.29 is 9.90 Å². The highest BCUT2D eigenvalue weighted by Crippen LogP contribution is 2.35. The van der Waals surface area contributed by atoms with Crippen molar-refractivity contribution in [2.24, 2.45) is 0 Å². The van der Waals surface area contributed by atoms with Gasteiger partial charge in [-0.1, -0.05) is 66.7 Å². The summed E-state index contributed by atoms with van der Waals surface area (Å²) in [7, 11) is 0. The van der Waals surface area contributed by atoms with Crippen molar-refractivity contribution in [3.05, 3.63) is 114 Å². The van der Waals surface area contributed by atoms with Gasteiger partial charge in [0.2, 0.25) is 0 Å². The van der Waals surface area contributed by atoms with Crippen molar-refractivity contribution in [3.8, 4) is 22.3 Å². The smallest absolute Gasteiger partial charge is 0.335 e. The van der Waals surface area contributed by atoms with Crippen LogP contribution in [-0.4, -0.2) is 24.2 Å². The standard InChI is InChI=1S/C30H21N3O2S/c1-19-25-9-5-6-18-33(25)26(27(19)21-7-3-2-4-8-21)17-15-22-14-16-24(29-28(22)31-36-32-29)20-10-12-23(13-11-20)30(34)35/h2-18H,1H3,(H,34,35)/b17-15+. The third-order valence-electron chi connectivity index (χ3n) is 6.51. The van der Waals surface area contributed by atoms with Crippen LogP contribution in [0.25, 0.3) is 51.0 Å². The van der Waals surface area contributed by atoms with E-state index in [2.05, 4.69) is 74.8 Å². The monoisotopic (exact) mass is 487 g/mol. The Balaban J connectivity index is 1.46. The van der Waals surface area contributed by atoms with Gasteiger partial charge in [0.15, 0.2) is 0 Å². The van der Waals surface area contributed by atoms with Crippen LogP contribution in [0.2, 0.25) is 0 Å². The molecule has 6 aromatic rings. The van der Waals surface area contributed by atoms with E-state index in [0.717, 1.165) is 33.4 Å². The van der Waals surface area contributed by atoms with Gasteiger partial charge in [0.05, 0.1) is 23.0 Å². The molecule has 0 atom stereocenters. The Hall–Kier alpha value is -4.55. The SMILES string of the molecule is Cc1c(-c2ccccc2)c(/C=C/c2ccc(-c3ccc(C(=O)O)cc3)c3nsnc23)n2ccccc12. The molecular formula is C30H21N3O2S. The molecule has 5 nitrogen and oxygen atoms in total. The topological polar surface area (TPSA) is 67.5 Å². The van der Waals surface area contributed by atoms with Crippen LogP contribution in [0.5, 0.6) is 0 Å². The van der Waals surface area contributed by atoms with Crippen molar-refractivity contribution in [2.45, 2.75) is 6.92 Å². The highest BCUT2D eigenvalue weighted by atomic mass is 32.1. The number of aryl methyl sites for hydroxylation is 1. The van der Waals surface area contributed by atoms with E-state index in [9.17, 15) is 9.90 Å². The minimum absolute atomic E-state index is 0.259. The van der Waals surface area contributed by atoms with Gasteiger partial charge in [-0.05, 0) is 54.0 Å². The predicted octanol–water partition coefficient (Wildman–Crippen LogP) is 7.46. The molecule has 0 saturated carbocycles. The van der Waals surface area contributed by atoms with Gasteiger partial charge >= 0.3 is 5.97 Å². The fourth-order valence-electron chi connectivity index (χ4n) is 4.75. The van der Waals surface area contributed by atoms with Crippen LogP contribution in [0, 0.1) is 6.92 Å². The number of hydrogen-bond donors (Lipinski definition) is 1. The van der Waals surface area contributed by atoms with E-state index < -0.39 is 5.97 Å². The van der Waals surface area contributed by atoms with Crippen LogP contribution < -0.4 is 0 Å². The van der Waals surface area contributed by atoms with Crippen LogP contribution >= 0.6 is 11.7 Å². The molecule has 0 fully saturated rings. The molecule has 0 aliphatic rings. The third-order valence-corrected chi connectivity index (χ3v) is 7.04. The first kappa shape index (κ1) is 21.9. The summed E-state index contributed by atoms with van der Waals surface area (Å²) in [6.45, 7) is 2.17. The Bertz CT molecular complexity index is 1760. The van der Waals surface area contributed by atoms with E-state index in [0.29, 0.717) is 0 Å². The van der Waals surface area contributed by atoms with Gasteiger partial charge in [-0.15, -0.1) is 0 Å². The predicted molar refractivity (Wildman–Crippen MR) is 146 cm³/mol. The van der Waals surface area contributed by atoms with Crippen LogP contribution in [0.15, 0.2) is 91.1 Å². The molecule has 0 aliphatic heterocycles. The van der Waals surface area contributed by atoms with E-state index >= 15 is 0 Å². The molecule has 0 bridgehead atoms. The summed E-state index contributed by atoms with van der Waals surface area (Å²) >= 11 is 1.18. The molecule has 36 heavy (non-hydrogen) atoms. The Labute approximate surface area is 211 Å². The number of nitrogens with zero attached hydrogens (tertiary/aromatic N) is 3. The number of hydrogen-bond acceptors (Lipinski definition) is 4. The molecule has 0 amide bonds. The molecule has 0 aliphatic carbocycles. The number of pyridine rings is 1. The van der Waals surface area contributed by atoms with Gasteiger partial charge in [0.25, 0.3) is 0 Å². The lowest BCUT2D eigenvalue weighted by atomic mass is 9.99. The lowest BCUT2D eigenvalue weighted by molar-refractivity contribution is 0.0697. The molecule has 174 valence electrons. The lowest BCUT2D eigenvalue weighted by Gasteiger charge is -2.06. The molecule has 6 rings (SSSR count). The minimum atomic E-state index is -0.939. The quantitative estimate of drug-likeness (QED) is 0.274. The summed E-state index contributed by atoms with van der Waals surface area (Å²) in [6, 6.07) is 27.6. The van der Waals surface area contributed by atoms with E-state index in [1.165, 1.54) is 33.9 Å². The second-order valence-corrected chi connectivity index (χ2v) is 9.12. The van der Waals surface area contributed by atoms with Gasteiger partial charge < -0.3 is 9.51 Å². The molecule has 0 radical (unpaired) electrons. The van der Waals surface area contributed by atoms with Gasteiger partial charge in [0.1, 0.15) is 11.0 Å². The average molecular weight is 488 g/mol. The number of aromatic nitrogens is 3. The summed E-state index contributed by atoms with van der Waals surface area (Å²) in [5, 5.41) is 9.20. The number of fused-ring (bicyclic) bond motifs is 2. The maximum atomic E-state index is 11.2. The van der Waals surface area contributed by atoms with Crippen LogP contribution in [0.3, 0.4) is 0 Å². The van der Waals surface area contributed by atoms with Crippen molar-refractivity contribution in [1.29, 1.82) is 0 Å². The van der Waals surface area contributed by atoms with Crippen LogP contribution in [0.1, 0.15) is 27.2 Å². The minimum Gasteiger partial charge on any atom is -0.478 e. The van der Waals surface area contributed by atoms with E-state index in [-0.39, 0.29) is 5.56 Å². The van der Waals surface area contributed by atoms with E-state index in [4.69, 9.17) is 0 Å². The number of benzene rings is 3. The molecule has 1 N–H and O–H groups in total. The first-order valence-corrected chi connectivity index (χ1v) is 12.3. The molecule has 3 aromatic carbocycles. The Morgan fingerprint density at radius 2 is 1.58 bits per heavy atom.